The van der Waals surface area contributed by atoms with Crippen LogP contribution in [0.2, 0.25) is 5.02 Å². The lowest BCUT2D eigenvalue weighted by Crippen LogP contribution is -2.48. The fourth-order valence-electron chi connectivity index (χ4n) is 5.59. The van der Waals surface area contributed by atoms with Crippen LogP contribution < -0.4 is 10.1 Å². The van der Waals surface area contributed by atoms with Crippen molar-refractivity contribution in [1.29, 1.82) is 0 Å². The zero-order valence-corrected chi connectivity index (χ0v) is 29.5. The van der Waals surface area contributed by atoms with Crippen molar-refractivity contribution >= 4 is 39.1 Å². The third kappa shape index (κ3) is 10.0. The fraction of sp³-hybridized carbons (Fsp3) is 0.444. The summed E-state index contributed by atoms with van der Waals surface area (Å²) >= 11 is 5.98. The molecule has 2 amide bonds. The highest BCUT2D eigenvalue weighted by Crippen LogP contribution is 2.29. The molecule has 4 rings (SSSR count). The Balaban J connectivity index is 1.62. The lowest BCUT2D eigenvalue weighted by atomic mass is 10.0. The molecule has 0 aliphatic carbocycles. The summed E-state index contributed by atoms with van der Waals surface area (Å²) in [5.74, 6) is -0.556. The number of sulfonamides is 1. The van der Waals surface area contributed by atoms with Crippen molar-refractivity contribution in [3.05, 3.63) is 88.9 Å². The van der Waals surface area contributed by atoms with Gasteiger partial charge in [0.1, 0.15) is 5.75 Å². The highest BCUT2D eigenvalue weighted by Gasteiger charge is 2.32. The Hall–Kier alpha value is -3.48. The SMILES string of the molecule is C[C@@H]1CN([C@H](C)CO)C(=O)c2cc(NC(=O)Cc3ccccc3)ccc2O[C@@H](C)CCCCO[C@@H]1CN(C)S(=O)(=O)c1ccc(Cl)cc1. The van der Waals surface area contributed by atoms with Gasteiger partial charge >= 0.3 is 0 Å². The zero-order chi connectivity index (χ0) is 34.8. The van der Waals surface area contributed by atoms with Crippen molar-refractivity contribution in [3.63, 3.8) is 0 Å². The molecule has 0 unspecified atom stereocenters. The average Bonchev–Trinajstić information content (AvgIpc) is 3.06. The van der Waals surface area contributed by atoms with Crippen LogP contribution in [0.4, 0.5) is 5.69 Å². The largest absolute Gasteiger partial charge is 0.490 e. The van der Waals surface area contributed by atoms with Crippen LogP contribution in [0.5, 0.6) is 5.75 Å². The van der Waals surface area contributed by atoms with Crippen LogP contribution in [-0.4, -0.2) is 86.1 Å². The number of anilines is 1. The van der Waals surface area contributed by atoms with Crippen molar-refractivity contribution < 1.29 is 32.6 Å². The zero-order valence-electron chi connectivity index (χ0n) is 28.0. The monoisotopic (exact) mass is 699 g/mol. The minimum atomic E-state index is -3.84. The van der Waals surface area contributed by atoms with Gasteiger partial charge in [0.25, 0.3) is 5.91 Å². The summed E-state index contributed by atoms with van der Waals surface area (Å²) in [6.07, 6.45) is 1.64. The van der Waals surface area contributed by atoms with Gasteiger partial charge in [0.15, 0.2) is 0 Å². The van der Waals surface area contributed by atoms with Crippen molar-refractivity contribution in [1.82, 2.24) is 9.21 Å². The number of amides is 2. The number of fused-ring (bicyclic) bond motifs is 1. The average molecular weight is 700 g/mol. The third-order valence-corrected chi connectivity index (χ3v) is 10.6. The Morgan fingerprint density at radius 2 is 1.79 bits per heavy atom. The van der Waals surface area contributed by atoms with E-state index in [0.29, 0.717) is 29.5 Å². The molecule has 0 saturated carbocycles. The van der Waals surface area contributed by atoms with Gasteiger partial charge in [0.2, 0.25) is 15.9 Å². The number of carbonyl (C=O) groups is 2. The summed E-state index contributed by atoms with van der Waals surface area (Å²) in [5.41, 5.74) is 1.56. The molecule has 0 fully saturated rings. The number of hydrogen-bond donors (Lipinski definition) is 2. The molecule has 3 aromatic carbocycles. The van der Waals surface area contributed by atoms with Gasteiger partial charge in [-0.15, -0.1) is 0 Å². The maximum Gasteiger partial charge on any atom is 0.258 e. The molecule has 0 bridgehead atoms. The Morgan fingerprint density at radius 3 is 2.48 bits per heavy atom. The van der Waals surface area contributed by atoms with Crippen molar-refractivity contribution in [2.75, 3.05) is 38.7 Å². The van der Waals surface area contributed by atoms with E-state index in [4.69, 9.17) is 21.1 Å². The minimum Gasteiger partial charge on any atom is -0.490 e. The molecule has 1 aliphatic heterocycles. The molecule has 1 heterocycles. The number of carbonyl (C=O) groups excluding carboxylic acids is 2. The van der Waals surface area contributed by atoms with E-state index in [2.05, 4.69) is 5.32 Å². The molecule has 0 spiro atoms. The number of aliphatic hydroxyl groups excluding tert-OH is 1. The molecule has 0 saturated heterocycles. The van der Waals surface area contributed by atoms with Gasteiger partial charge in [-0.25, -0.2) is 8.42 Å². The topological polar surface area (TPSA) is 125 Å². The lowest BCUT2D eigenvalue weighted by molar-refractivity contribution is -0.115. The molecule has 48 heavy (non-hydrogen) atoms. The number of nitrogens with zero attached hydrogens (tertiary/aromatic N) is 2. The van der Waals surface area contributed by atoms with E-state index < -0.39 is 22.2 Å². The van der Waals surface area contributed by atoms with Crippen LogP contribution in [0.15, 0.2) is 77.7 Å². The van der Waals surface area contributed by atoms with E-state index in [1.54, 1.807) is 30.0 Å². The minimum absolute atomic E-state index is 0.0510. The van der Waals surface area contributed by atoms with Gasteiger partial charge in [0, 0.05) is 43.4 Å². The number of ether oxygens (including phenoxy) is 2. The second kappa shape index (κ2) is 17.3. The van der Waals surface area contributed by atoms with E-state index in [-0.39, 0.29) is 60.4 Å². The van der Waals surface area contributed by atoms with Crippen molar-refractivity contribution in [2.45, 2.75) is 69.6 Å². The van der Waals surface area contributed by atoms with Crippen molar-refractivity contribution in [2.24, 2.45) is 5.92 Å². The Kier molecular flexibility index (Phi) is 13.4. The van der Waals surface area contributed by atoms with Crippen LogP contribution in [0.25, 0.3) is 0 Å². The number of benzene rings is 3. The number of aliphatic hydroxyl groups is 1. The van der Waals surface area contributed by atoms with Gasteiger partial charge in [-0.05, 0) is 81.1 Å². The maximum atomic E-state index is 14.4. The quantitative estimate of drug-likeness (QED) is 0.296. The Labute approximate surface area is 289 Å². The van der Waals surface area contributed by atoms with Gasteiger partial charge in [-0.1, -0.05) is 48.9 Å². The highest BCUT2D eigenvalue weighted by atomic mass is 35.5. The summed E-state index contributed by atoms with van der Waals surface area (Å²) in [4.78, 5) is 28.9. The van der Waals surface area contributed by atoms with E-state index in [1.165, 1.54) is 35.6 Å². The Morgan fingerprint density at radius 1 is 1.08 bits per heavy atom. The molecule has 0 aromatic heterocycles. The van der Waals surface area contributed by atoms with Crippen molar-refractivity contribution in [3.8, 4) is 5.75 Å². The van der Waals surface area contributed by atoms with E-state index >= 15 is 0 Å². The van der Waals surface area contributed by atoms with Gasteiger partial charge < -0.3 is 24.8 Å². The highest BCUT2D eigenvalue weighted by molar-refractivity contribution is 7.89. The fourth-order valence-corrected chi connectivity index (χ4v) is 6.90. The number of hydrogen-bond acceptors (Lipinski definition) is 7. The summed E-state index contributed by atoms with van der Waals surface area (Å²) in [6.45, 7) is 5.91. The number of nitrogens with one attached hydrogen (secondary N) is 1. The van der Waals surface area contributed by atoms with Gasteiger partial charge in [-0.3, -0.25) is 9.59 Å². The summed E-state index contributed by atoms with van der Waals surface area (Å²) in [6, 6.07) is 19.8. The third-order valence-electron chi connectivity index (χ3n) is 8.50. The molecule has 12 heteroatoms. The predicted molar refractivity (Wildman–Crippen MR) is 187 cm³/mol. The molecule has 2 N–H and O–H groups in total. The van der Waals surface area contributed by atoms with E-state index in [9.17, 15) is 23.1 Å². The van der Waals surface area contributed by atoms with Gasteiger partial charge in [-0.2, -0.15) is 4.31 Å². The molecular weight excluding hydrogens is 654 g/mol. The van der Waals surface area contributed by atoms with E-state index in [0.717, 1.165) is 18.4 Å². The summed E-state index contributed by atoms with van der Waals surface area (Å²) in [7, 11) is -2.34. The van der Waals surface area contributed by atoms with Crippen LogP contribution >= 0.6 is 11.6 Å². The van der Waals surface area contributed by atoms with Crippen LogP contribution in [0, 0.1) is 5.92 Å². The molecule has 3 aromatic rings. The maximum absolute atomic E-state index is 14.4. The molecule has 4 atom stereocenters. The van der Waals surface area contributed by atoms with Crippen LogP contribution in [-0.2, 0) is 26.0 Å². The number of rotatable bonds is 9. The van der Waals surface area contributed by atoms with E-state index in [1.807, 2.05) is 44.2 Å². The molecule has 260 valence electrons. The first-order valence-electron chi connectivity index (χ1n) is 16.3. The molecule has 10 nitrogen and oxygen atoms in total. The number of likely N-dealkylation sites (N-methyl/N-ethyl adjacent to an activating group) is 1. The van der Waals surface area contributed by atoms with Gasteiger partial charge in [0.05, 0.1) is 41.7 Å². The first-order valence-corrected chi connectivity index (χ1v) is 18.1. The lowest BCUT2D eigenvalue weighted by Gasteiger charge is -2.35. The summed E-state index contributed by atoms with van der Waals surface area (Å²) < 4.78 is 40.7. The first-order chi connectivity index (χ1) is 22.9. The van der Waals surface area contributed by atoms with Crippen LogP contribution in [0.1, 0.15) is 56.0 Å². The normalized spacial score (nSPS) is 20.4. The molecule has 0 radical (unpaired) electrons. The number of halogens is 1. The second-order valence-electron chi connectivity index (χ2n) is 12.5. The second-order valence-corrected chi connectivity index (χ2v) is 14.9. The standard InChI is InChI=1S/C36H46ClN3O7S/c1-25-22-40(26(2)24-41)36(43)32-21-30(38-35(42)20-28-11-6-5-7-12-28)15-18-33(32)47-27(3)10-8-9-19-46-34(25)23-39(4)48(44,45)31-16-13-29(37)14-17-31/h5-7,11-18,21,25-27,34,41H,8-10,19-20,22-24H2,1-4H3,(H,38,42)/t25-,26-,27+,34-/m1/s1. The molecule has 1 aliphatic rings. The smallest absolute Gasteiger partial charge is 0.258 e. The van der Waals surface area contributed by atoms with Crippen LogP contribution in [0.3, 0.4) is 0 Å². The summed E-state index contributed by atoms with van der Waals surface area (Å²) in [5, 5.41) is 13.6. The Bertz CT molecular complexity index is 1620. The predicted octanol–water partition coefficient (Wildman–Crippen LogP) is 5.64. The first kappa shape index (κ1) is 37.3. The molecular formula is C36H46ClN3O7S.